The lowest BCUT2D eigenvalue weighted by atomic mass is 10.1. The molecule has 0 atom stereocenters. The monoisotopic (exact) mass is 273 g/mol. The molecule has 0 saturated carbocycles. The molecule has 19 heavy (non-hydrogen) atoms. The van der Waals surface area contributed by atoms with Gasteiger partial charge in [0.05, 0.1) is 0 Å². The van der Waals surface area contributed by atoms with Crippen molar-refractivity contribution in [2.45, 2.75) is 39.0 Å². The van der Waals surface area contributed by atoms with Gasteiger partial charge in [0.15, 0.2) is 5.82 Å². The fraction of sp³-hybridized carbons (Fsp3) is 0.400. The zero-order valence-electron chi connectivity index (χ0n) is 11.0. The maximum atomic E-state index is 6.33. The summed E-state index contributed by atoms with van der Waals surface area (Å²) in [6.07, 6.45) is 5.59. The number of aryl methyl sites for hydroxylation is 2. The molecule has 2 aromatic rings. The minimum Gasteiger partial charge on any atom is -0.250 e. The highest BCUT2D eigenvalue weighted by molar-refractivity contribution is 6.30. The van der Waals surface area contributed by atoms with Gasteiger partial charge < -0.3 is 0 Å². The molecule has 98 valence electrons. The highest BCUT2D eigenvalue weighted by Gasteiger charge is 2.16. The van der Waals surface area contributed by atoms with E-state index in [1.807, 2.05) is 25.1 Å². The van der Waals surface area contributed by atoms with Crippen LogP contribution >= 0.6 is 11.6 Å². The summed E-state index contributed by atoms with van der Waals surface area (Å²) in [6.45, 7) is 1.97. The minimum absolute atomic E-state index is 0.602. The first kappa shape index (κ1) is 12.5. The highest BCUT2D eigenvalue weighted by Crippen LogP contribution is 2.27. The van der Waals surface area contributed by atoms with Crippen molar-refractivity contribution in [3.05, 3.63) is 40.3 Å². The molecule has 0 fully saturated rings. The van der Waals surface area contributed by atoms with Gasteiger partial charge in [-0.25, -0.2) is 15.0 Å². The van der Waals surface area contributed by atoms with Crippen molar-refractivity contribution < 1.29 is 0 Å². The summed E-state index contributed by atoms with van der Waals surface area (Å²) in [5.41, 5.74) is 4.01. The fourth-order valence-electron chi connectivity index (χ4n) is 2.51. The first-order valence-electron chi connectivity index (χ1n) is 6.73. The molecule has 4 heteroatoms. The number of hydrogen-bond donors (Lipinski definition) is 0. The van der Waals surface area contributed by atoms with E-state index in [0.29, 0.717) is 11.0 Å². The SMILES string of the molecule is Cc1cccc(-c2nc(Cl)c3c(n2)CCCCC3)n1. The molecule has 3 nitrogen and oxygen atoms in total. The van der Waals surface area contributed by atoms with Gasteiger partial charge in [0.25, 0.3) is 0 Å². The standard InChI is InChI=1S/C15H16ClN3/c1-10-6-5-9-13(17-10)15-18-12-8-4-2-3-7-11(12)14(16)19-15/h5-6,9H,2-4,7-8H2,1H3. The van der Waals surface area contributed by atoms with Crippen LogP contribution in [0.2, 0.25) is 5.15 Å². The summed E-state index contributed by atoms with van der Waals surface area (Å²) < 4.78 is 0. The van der Waals surface area contributed by atoms with E-state index in [1.165, 1.54) is 19.3 Å². The van der Waals surface area contributed by atoms with Crippen molar-refractivity contribution in [1.82, 2.24) is 15.0 Å². The van der Waals surface area contributed by atoms with Crippen LogP contribution < -0.4 is 0 Å². The van der Waals surface area contributed by atoms with Crippen molar-refractivity contribution in [2.75, 3.05) is 0 Å². The average Bonchev–Trinajstić information content (AvgIpc) is 2.64. The Bertz CT molecular complexity index is 610. The Morgan fingerprint density at radius 1 is 1.00 bits per heavy atom. The summed E-state index contributed by atoms with van der Waals surface area (Å²) in [5.74, 6) is 0.648. The van der Waals surface area contributed by atoms with Crippen molar-refractivity contribution in [3.8, 4) is 11.5 Å². The van der Waals surface area contributed by atoms with Crippen LogP contribution in [0.4, 0.5) is 0 Å². The number of pyridine rings is 1. The van der Waals surface area contributed by atoms with Gasteiger partial charge in [-0.15, -0.1) is 0 Å². The van der Waals surface area contributed by atoms with Gasteiger partial charge in [-0.05, 0) is 44.7 Å². The van der Waals surface area contributed by atoms with E-state index in [9.17, 15) is 0 Å². The van der Waals surface area contributed by atoms with Crippen LogP contribution in [0.15, 0.2) is 18.2 Å². The van der Waals surface area contributed by atoms with Crippen molar-refractivity contribution in [1.29, 1.82) is 0 Å². The van der Waals surface area contributed by atoms with E-state index in [1.54, 1.807) is 0 Å². The Kier molecular flexibility index (Phi) is 3.47. The van der Waals surface area contributed by atoms with Gasteiger partial charge in [0.2, 0.25) is 0 Å². The Morgan fingerprint density at radius 2 is 1.84 bits per heavy atom. The summed E-state index contributed by atoms with van der Waals surface area (Å²) in [4.78, 5) is 13.6. The Balaban J connectivity index is 2.09. The first-order valence-corrected chi connectivity index (χ1v) is 7.11. The second-order valence-electron chi connectivity index (χ2n) is 4.99. The lowest BCUT2D eigenvalue weighted by Crippen LogP contribution is -2.03. The van der Waals surface area contributed by atoms with E-state index >= 15 is 0 Å². The molecule has 0 saturated heterocycles. The molecule has 0 bridgehead atoms. The Labute approximate surface area is 118 Å². The largest absolute Gasteiger partial charge is 0.250 e. The number of aromatic nitrogens is 3. The molecule has 3 rings (SSSR count). The zero-order valence-corrected chi connectivity index (χ0v) is 11.7. The molecule has 2 aromatic heterocycles. The van der Waals surface area contributed by atoms with Gasteiger partial charge in [0, 0.05) is 17.0 Å². The third-order valence-corrected chi connectivity index (χ3v) is 3.81. The van der Waals surface area contributed by atoms with E-state index in [-0.39, 0.29) is 0 Å². The quantitative estimate of drug-likeness (QED) is 0.586. The van der Waals surface area contributed by atoms with Crippen LogP contribution in [0, 0.1) is 6.92 Å². The van der Waals surface area contributed by atoms with Gasteiger partial charge >= 0.3 is 0 Å². The molecule has 0 radical (unpaired) electrons. The lowest BCUT2D eigenvalue weighted by Gasteiger charge is -2.09. The predicted molar refractivity (Wildman–Crippen MR) is 76.3 cm³/mol. The third-order valence-electron chi connectivity index (χ3n) is 3.50. The molecule has 1 aliphatic rings. The van der Waals surface area contributed by atoms with Crippen molar-refractivity contribution in [2.24, 2.45) is 0 Å². The molecule has 0 N–H and O–H groups in total. The normalized spacial score (nSPS) is 14.8. The molecule has 1 aliphatic carbocycles. The van der Waals surface area contributed by atoms with Gasteiger partial charge in [-0.1, -0.05) is 24.1 Å². The molecule has 0 unspecified atom stereocenters. The van der Waals surface area contributed by atoms with Crippen molar-refractivity contribution >= 4 is 11.6 Å². The van der Waals surface area contributed by atoms with Crippen LogP contribution in [-0.2, 0) is 12.8 Å². The second-order valence-corrected chi connectivity index (χ2v) is 5.35. The first-order chi connectivity index (χ1) is 9.24. The molecule has 0 amide bonds. The van der Waals surface area contributed by atoms with Crippen LogP contribution in [0.25, 0.3) is 11.5 Å². The summed E-state index contributed by atoms with van der Waals surface area (Å²) in [6, 6.07) is 5.87. The third kappa shape index (κ3) is 2.61. The van der Waals surface area contributed by atoms with Crippen LogP contribution in [-0.4, -0.2) is 15.0 Å². The molecule has 2 heterocycles. The predicted octanol–water partition coefficient (Wildman–Crippen LogP) is 3.77. The molecule has 0 spiro atoms. The van der Waals surface area contributed by atoms with Gasteiger partial charge in [-0.2, -0.15) is 0 Å². The van der Waals surface area contributed by atoms with E-state index in [4.69, 9.17) is 11.6 Å². The average molecular weight is 274 g/mol. The molecule has 0 aromatic carbocycles. The second kappa shape index (κ2) is 5.25. The molecular formula is C15H16ClN3. The van der Waals surface area contributed by atoms with E-state index in [2.05, 4.69) is 15.0 Å². The van der Waals surface area contributed by atoms with E-state index < -0.39 is 0 Å². The maximum absolute atomic E-state index is 6.33. The lowest BCUT2D eigenvalue weighted by molar-refractivity contribution is 0.709. The Morgan fingerprint density at radius 3 is 2.68 bits per heavy atom. The number of nitrogens with zero attached hydrogens (tertiary/aromatic N) is 3. The topological polar surface area (TPSA) is 38.7 Å². The van der Waals surface area contributed by atoms with Crippen LogP contribution in [0.5, 0.6) is 0 Å². The molecule has 0 aliphatic heterocycles. The fourth-order valence-corrected chi connectivity index (χ4v) is 2.79. The number of rotatable bonds is 1. The number of fused-ring (bicyclic) bond motifs is 1. The maximum Gasteiger partial charge on any atom is 0.179 e. The minimum atomic E-state index is 0.602. The number of hydrogen-bond acceptors (Lipinski definition) is 3. The smallest absolute Gasteiger partial charge is 0.179 e. The van der Waals surface area contributed by atoms with Gasteiger partial charge in [0.1, 0.15) is 10.8 Å². The van der Waals surface area contributed by atoms with Gasteiger partial charge in [-0.3, -0.25) is 0 Å². The summed E-state index contributed by atoms with van der Waals surface area (Å²) >= 11 is 6.33. The summed E-state index contributed by atoms with van der Waals surface area (Å²) in [5, 5.41) is 0.602. The van der Waals surface area contributed by atoms with Crippen molar-refractivity contribution in [3.63, 3.8) is 0 Å². The van der Waals surface area contributed by atoms with Crippen LogP contribution in [0.3, 0.4) is 0 Å². The Hall–Kier alpha value is -1.48. The highest BCUT2D eigenvalue weighted by atomic mass is 35.5. The van der Waals surface area contributed by atoms with Crippen LogP contribution in [0.1, 0.15) is 36.2 Å². The summed E-state index contributed by atoms with van der Waals surface area (Å²) in [7, 11) is 0. The number of halogens is 1. The zero-order chi connectivity index (χ0) is 13.2. The van der Waals surface area contributed by atoms with E-state index in [0.717, 1.165) is 35.5 Å². The molecular weight excluding hydrogens is 258 g/mol.